The van der Waals surface area contributed by atoms with E-state index in [0.717, 1.165) is 35.3 Å². The summed E-state index contributed by atoms with van der Waals surface area (Å²) in [5, 5.41) is 2.97. The van der Waals surface area contributed by atoms with Crippen LogP contribution in [0.25, 0.3) is 11.0 Å². The molecular weight excluding hydrogens is 356 g/mol. The summed E-state index contributed by atoms with van der Waals surface area (Å²) < 4.78 is 7.24. The normalized spacial score (nSPS) is 17.1. The second-order valence-electron chi connectivity index (χ2n) is 7.23. The number of nitrogens with zero attached hydrogens (tertiary/aromatic N) is 3. The van der Waals surface area contributed by atoms with Gasteiger partial charge >= 0.3 is 0 Å². The number of piperidine rings is 1. The molecule has 1 aliphatic rings. The number of nitrogens with one attached hydrogen (secondary N) is 1. The zero-order valence-electron chi connectivity index (χ0n) is 16.1. The first-order valence-electron chi connectivity index (χ1n) is 9.59. The highest BCUT2D eigenvalue weighted by Gasteiger charge is 2.33. The van der Waals surface area contributed by atoms with Gasteiger partial charge in [-0.3, -0.25) is 9.59 Å². The SMILES string of the molecule is Cc1cccc2nc(CNC(=O)[C@@H]3CCCCN3C(=O)c3ccco3)n(C)c12. The molecule has 0 aliphatic carbocycles. The Hall–Kier alpha value is -3.09. The molecule has 3 heterocycles. The Morgan fingerprint density at radius 2 is 2.11 bits per heavy atom. The van der Waals surface area contributed by atoms with Gasteiger partial charge in [0.1, 0.15) is 11.9 Å². The molecule has 1 fully saturated rings. The van der Waals surface area contributed by atoms with Crippen LogP contribution in [0.5, 0.6) is 0 Å². The molecule has 7 heteroatoms. The van der Waals surface area contributed by atoms with E-state index in [4.69, 9.17) is 4.42 Å². The first-order chi connectivity index (χ1) is 13.6. The van der Waals surface area contributed by atoms with Crippen molar-refractivity contribution in [1.29, 1.82) is 0 Å². The van der Waals surface area contributed by atoms with Crippen molar-refractivity contribution < 1.29 is 14.0 Å². The van der Waals surface area contributed by atoms with Gasteiger partial charge in [-0.1, -0.05) is 12.1 Å². The molecule has 1 atom stereocenters. The minimum Gasteiger partial charge on any atom is -0.459 e. The number of likely N-dealkylation sites (tertiary alicyclic amines) is 1. The summed E-state index contributed by atoms with van der Waals surface area (Å²) in [6.07, 6.45) is 3.94. The molecule has 0 bridgehead atoms. The highest BCUT2D eigenvalue weighted by molar-refractivity contribution is 5.95. The van der Waals surface area contributed by atoms with E-state index in [1.165, 1.54) is 6.26 Å². The summed E-state index contributed by atoms with van der Waals surface area (Å²) in [6, 6.07) is 8.83. The lowest BCUT2D eigenvalue weighted by molar-refractivity contribution is -0.126. The number of rotatable bonds is 4. The number of para-hydroxylation sites is 1. The molecule has 1 saturated heterocycles. The van der Waals surface area contributed by atoms with E-state index >= 15 is 0 Å². The van der Waals surface area contributed by atoms with Gasteiger partial charge in [0.25, 0.3) is 5.91 Å². The molecule has 0 unspecified atom stereocenters. The second kappa shape index (κ2) is 7.50. The average molecular weight is 380 g/mol. The van der Waals surface area contributed by atoms with Gasteiger partial charge in [-0.05, 0) is 49.9 Å². The van der Waals surface area contributed by atoms with E-state index in [9.17, 15) is 9.59 Å². The van der Waals surface area contributed by atoms with E-state index in [2.05, 4.69) is 10.3 Å². The van der Waals surface area contributed by atoms with Gasteiger partial charge < -0.3 is 19.2 Å². The summed E-state index contributed by atoms with van der Waals surface area (Å²) in [7, 11) is 1.96. The lowest BCUT2D eigenvalue weighted by atomic mass is 10.0. The van der Waals surface area contributed by atoms with Crippen molar-refractivity contribution in [3.05, 3.63) is 53.7 Å². The van der Waals surface area contributed by atoms with Crippen LogP contribution in [0.3, 0.4) is 0 Å². The van der Waals surface area contributed by atoms with E-state index in [0.29, 0.717) is 19.5 Å². The minimum absolute atomic E-state index is 0.150. The fourth-order valence-electron chi connectivity index (χ4n) is 3.94. The maximum atomic E-state index is 12.9. The van der Waals surface area contributed by atoms with Gasteiger partial charge in [-0.25, -0.2) is 4.98 Å². The van der Waals surface area contributed by atoms with Crippen LogP contribution in [0.4, 0.5) is 0 Å². The van der Waals surface area contributed by atoms with Gasteiger partial charge in [0.2, 0.25) is 5.91 Å². The molecule has 1 N–H and O–H groups in total. The van der Waals surface area contributed by atoms with Gasteiger partial charge in [0.05, 0.1) is 23.8 Å². The summed E-state index contributed by atoms with van der Waals surface area (Å²) in [6.45, 7) is 2.93. The number of amides is 2. The van der Waals surface area contributed by atoms with Gasteiger partial charge in [-0.2, -0.15) is 0 Å². The molecule has 146 valence electrons. The lowest BCUT2D eigenvalue weighted by Crippen LogP contribution is -2.51. The monoisotopic (exact) mass is 380 g/mol. The van der Waals surface area contributed by atoms with Crippen molar-refractivity contribution in [3.63, 3.8) is 0 Å². The molecule has 7 nitrogen and oxygen atoms in total. The number of aryl methyl sites for hydroxylation is 2. The van der Waals surface area contributed by atoms with E-state index in [-0.39, 0.29) is 17.6 Å². The van der Waals surface area contributed by atoms with Crippen LogP contribution in [-0.2, 0) is 18.4 Å². The predicted molar refractivity (Wildman–Crippen MR) is 105 cm³/mol. The highest BCUT2D eigenvalue weighted by atomic mass is 16.3. The lowest BCUT2D eigenvalue weighted by Gasteiger charge is -2.34. The van der Waals surface area contributed by atoms with E-state index in [1.54, 1.807) is 17.0 Å². The molecule has 1 aromatic carbocycles. The van der Waals surface area contributed by atoms with Crippen LogP contribution in [-0.4, -0.2) is 38.9 Å². The first-order valence-corrected chi connectivity index (χ1v) is 9.59. The minimum atomic E-state index is -0.484. The topological polar surface area (TPSA) is 80.4 Å². The maximum absolute atomic E-state index is 12.9. The molecule has 0 radical (unpaired) electrons. The molecule has 2 amide bonds. The van der Waals surface area contributed by atoms with Crippen molar-refractivity contribution >= 4 is 22.8 Å². The number of carbonyl (C=O) groups excluding carboxylic acids is 2. The first kappa shape index (κ1) is 18.3. The van der Waals surface area contributed by atoms with Gasteiger partial charge in [0, 0.05) is 13.6 Å². The third-order valence-electron chi connectivity index (χ3n) is 5.41. The Labute approximate surface area is 163 Å². The number of hydrogen-bond donors (Lipinski definition) is 1. The summed E-state index contributed by atoms with van der Waals surface area (Å²) in [4.78, 5) is 31.8. The van der Waals surface area contributed by atoms with Crippen LogP contribution in [0.1, 0.15) is 41.2 Å². The zero-order valence-corrected chi connectivity index (χ0v) is 16.1. The molecular formula is C21H24N4O3. The molecule has 3 aromatic rings. The Morgan fingerprint density at radius 1 is 1.25 bits per heavy atom. The molecule has 4 rings (SSSR count). The maximum Gasteiger partial charge on any atom is 0.290 e. The molecule has 28 heavy (non-hydrogen) atoms. The summed E-state index contributed by atoms with van der Waals surface area (Å²) in [5.41, 5.74) is 3.13. The fraction of sp³-hybridized carbons (Fsp3) is 0.381. The third kappa shape index (κ3) is 3.28. The second-order valence-corrected chi connectivity index (χ2v) is 7.23. The largest absolute Gasteiger partial charge is 0.459 e. The Balaban J connectivity index is 1.49. The van der Waals surface area contributed by atoms with Crippen LogP contribution < -0.4 is 5.32 Å². The number of carbonyl (C=O) groups is 2. The van der Waals surface area contributed by atoms with Gasteiger partial charge in [0.15, 0.2) is 5.76 Å². The molecule has 2 aromatic heterocycles. The number of fused-ring (bicyclic) bond motifs is 1. The van der Waals surface area contributed by atoms with Crippen LogP contribution >= 0.6 is 0 Å². The Morgan fingerprint density at radius 3 is 2.86 bits per heavy atom. The number of imidazole rings is 1. The predicted octanol–water partition coefficient (Wildman–Crippen LogP) is 2.79. The number of aromatic nitrogens is 2. The third-order valence-corrected chi connectivity index (χ3v) is 5.41. The van der Waals surface area contributed by atoms with Gasteiger partial charge in [-0.15, -0.1) is 0 Å². The number of furan rings is 1. The van der Waals surface area contributed by atoms with E-state index < -0.39 is 6.04 Å². The molecule has 0 saturated carbocycles. The smallest absolute Gasteiger partial charge is 0.290 e. The highest BCUT2D eigenvalue weighted by Crippen LogP contribution is 2.21. The average Bonchev–Trinajstić information content (AvgIpc) is 3.35. The van der Waals surface area contributed by atoms with Crippen LogP contribution in [0.15, 0.2) is 41.0 Å². The van der Waals surface area contributed by atoms with E-state index in [1.807, 2.05) is 36.7 Å². The fourth-order valence-corrected chi connectivity index (χ4v) is 3.94. The van der Waals surface area contributed by atoms with Crippen molar-refractivity contribution in [2.75, 3.05) is 6.54 Å². The standard InChI is InChI=1S/C21H24N4O3/c1-14-7-5-8-15-19(14)24(2)18(23-15)13-22-20(26)16-9-3-4-11-25(16)21(27)17-10-6-12-28-17/h5-8,10,12,16H,3-4,9,11,13H2,1-2H3,(H,22,26)/t16-/m0/s1. The Kier molecular flexibility index (Phi) is 4.90. The van der Waals surface area contributed by atoms with Crippen molar-refractivity contribution in [2.24, 2.45) is 7.05 Å². The molecule has 0 spiro atoms. The van der Waals surface area contributed by atoms with Crippen LogP contribution in [0, 0.1) is 6.92 Å². The Bertz CT molecular complexity index is 1010. The van der Waals surface area contributed by atoms with Crippen molar-refractivity contribution in [1.82, 2.24) is 19.8 Å². The van der Waals surface area contributed by atoms with Crippen LogP contribution in [0.2, 0.25) is 0 Å². The summed E-state index contributed by atoms with van der Waals surface area (Å²) in [5.74, 6) is 0.675. The quantitative estimate of drug-likeness (QED) is 0.755. The number of hydrogen-bond acceptors (Lipinski definition) is 4. The van der Waals surface area contributed by atoms with Crippen molar-refractivity contribution in [2.45, 2.75) is 38.8 Å². The van der Waals surface area contributed by atoms with Crippen molar-refractivity contribution in [3.8, 4) is 0 Å². The molecule has 1 aliphatic heterocycles. The number of benzene rings is 1. The zero-order chi connectivity index (χ0) is 19.7. The summed E-state index contributed by atoms with van der Waals surface area (Å²) >= 11 is 0.